The van der Waals surface area contributed by atoms with Crippen molar-refractivity contribution in [3.8, 4) is 5.75 Å². The number of hydrogen-bond acceptors (Lipinski definition) is 2. The molecule has 0 bridgehead atoms. The second-order valence-electron chi connectivity index (χ2n) is 3.55. The van der Waals surface area contributed by atoms with Crippen molar-refractivity contribution in [2.75, 3.05) is 0 Å². The van der Waals surface area contributed by atoms with Crippen LogP contribution in [-0.4, -0.2) is 11.2 Å². The summed E-state index contributed by atoms with van der Waals surface area (Å²) in [5.74, 6) is 0.800. The van der Waals surface area contributed by atoms with Crippen LogP contribution >= 0.6 is 0 Å². The third-order valence-corrected chi connectivity index (χ3v) is 2.31. The average molecular weight is 206 g/mol. The molecule has 0 heterocycles. The van der Waals surface area contributed by atoms with E-state index in [1.807, 2.05) is 38.1 Å². The Hall–Kier alpha value is -1.28. The van der Waals surface area contributed by atoms with Gasteiger partial charge in [-0.1, -0.05) is 31.7 Å². The van der Waals surface area contributed by atoms with E-state index in [1.165, 1.54) is 0 Å². The van der Waals surface area contributed by atoms with Crippen molar-refractivity contribution in [3.05, 3.63) is 42.5 Å². The van der Waals surface area contributed by atoms with Crippen LogP contribution in [0.15, 0.2) is 36.9 Å². The Morgan fingerprint density at radius 2 is 2.00 bits per heavy atom. The molecule has 0 radical (unpaired) electrons. The Morgan fingerprint density at radius 1 is 1.40 bits per heavy atom. The van der Waals surface area contributed by atoms with Gasteiger partial charge in [-0.2, -0.15) is 0 Å². The van der Waals surface area contributed by atoms with Crippen LogP contribution < -0.4 is 4.74 Å². The molecule has 0 aliphatic rings. The van der Waals surface area contributed by atoms with Crippen molar-refractivity contribution in [2.45, 2.75) is 32.5 Å². The lowest BCUT2D eigenvalue weighted by Crippen LogP contribution is -2.07. The van der Waals surface area contributed by atoms with Gasteiger partial charge < -0.3 is 9.84 Å². The van der Waals surface area contributed by atoms with E-state index in [0.717, 1.165) is 17.7 Å². The van der Waals surface area contributed by atoms with E-state index in [0.29, 0.717) is 0 Å². The van der Waals surface area contributed by atoms with Crippen molar-refractivity contribution < 1.29 is 9.84 Å². The largest absolute Gasteiger partial charge is 0.487 e. The fourth-order valence-corrected chi connectivity index (χ4v) is 1.27. The molecule has 1 N–H and O–H groups in total. The predicted octanol–water partition coefficient (Wildman–Crippen LogP) is 3.08. The summed E-state index contributed by atoms with van der Waals surface area (Å²) in [5, 5.41) is 9.59. The zero-order valence-corrected chi connectivity index (χ0v) is 9.31. The molecule has 0 fully saturated rings. The molecule has 0 amide bonds. The molecule has 0 saturated carbocycles. The summed E-state index contributed by atoms with van der Waals surface area (Å²) in [6.45, 7) is 7.54. The molecular formula is C13H18O2. The smallest absolute Gasteiger partial charge is 0.120 e. The number of benzene rings is 1. The van der Waals surface area contributed by atoms with E-state index in [4.69, 9.17) is 4.74 Å². The number of hydrogen-bond donors (Lipinski definition) is 1. The van der Waals surface area contributed by atoms with E-state index in [1.54, 1.807) is 6.08 Å². The van der Waals surface area contributed by atoms with Crippen LogP contribution in [0.2, 0.25) is 0 Å². The Bertz CT molecular complexity index is 303. The summed E-state index contributed by atoms with van der Waals surface area (Å²) in [4.78, 5) is 0. The minimum absolute atomic E-state index is 0.00643. The fourth-order valence-electron chi connectivity index (χ4n) is 1.27. The van der Waals surface area contributed by atoms with Gasteiger partial charge in [-0.25, -0.2) is 0 Å². The van der Waals surface area contributed by atoms with E-state index in [2.05, 4.69) is 6.58 Å². The minimum atomic E-state index is -0.379. The maximum atomic E-state index is 9.59. The van der Waals surface area contributed by atoms with Crippen molar-refractivity contribution in [1.82, 2.24) is 0 Å². The second kappa shape index (κ2) is 5.56. The van der Waals surface area contributed by atoms with Crippen LogP contribution in [0, 0.1) is 0 Å². The number of aliphatic hydroxyl groups excluding tert-OH is 1. The quantitative estimate of drug-likeness (QED) is 0.750. The monoisotopic (exact) mass is 206 g/mol. The molecule has 1 aromatic carbocycles. The highest BCUT2D eigenvalue weighted by Gasteiger charge is 2.05. The van der Waals surface area contributed by atoms with Crippen LogP contribution in [0.1, 0.15) is 31.9 Å². The molecule has 2 atom stereocenters. The first-order valence-corrected chi connectivity index (χ1v) is 5.24. The second-order valence-corrected chi connectivity index (χ2v) is 3.55. The highest BCUT2D eigenvalue weighted by Crippen LogP contribution is 2.20. The maximum absolute atomic E-state index is 9.59. The molecule has 0 aliphatic carbocycles. The molecule has 1 rings (SSSR count). The first kappa shape index (κ1) is 11.8. The Morgan fingerprint density at radius 3 is 2.47 bits per heavy atom. The highest BCUT2D eigenvalue weighted by molar-refractivity contribution is 5.28. The van der Waals surface area contributed by atoms with Crippen LogP contribution in [0.4, 0.5) is 0 Å². The SMILES string of the molecule is C=CC(C)Oc1ccc(C(O)CC)cc1. The molecular weight excluding hydrogens is 188 g/mol. The fraction of sp³-hybridized carbons (Fsp3) is 0.385. The van der Waals surface area contributed by atoms with Gasteiger partial charge in [0, 0.05) is 0 Å². The van der Waals surface area contributed by atoms with Crippen LogP contribution in [-0.2, 0) is 0 Å². The number of aliphatic hydroxyl groups is 1. The summed E-state index contributed by atoms with van der Waals surface area (Å²) in [6.07, 6.45) is 2.10. The van der Waals surface area contributed by atoms with E-state index >= 15 is 0 Å². The topological polar surface area (TPSA) is 29.5 Å². The lowest BCUT2D eigenvalue weighted by Gasteiger charge is -2.12. The molecule has 0 aromatic heterocycles. The zero-order valence-electron chi connectivity index (χ0n) is 9.31. The van der Waals surface area contributed by atoms with Crippen molar-refractivity contribution in [1.29, 1.82) is 0 Å². The van der Waals surface area contributed by atoms with Gasteiger partial charge in [-0.15, -0.1) is 0 Å². The van der Waals surface area contributed by atoms with Gasteiger partial charge in [-0.05, 0) is 31.0 Å². The number of ether oxygens (including phenoxy) is 1. The first-order chi connectivity index (χ1) is 7.17. The van der Waals surface area contributed by atoms with Gasteiger partial charge in [0.15, 0.2) is 0 Å². The van der Waals surface area contributed by atoms with Crippen molar-refractivity contribution >= 4 is 0 Å². The van der Waals surface area contributed by atoms with E-state index in [9.17, 15) is 5.11 Å². The molecule has 82 valence electrons. The van der Waals surface area contributed by atoms with Gasteiger partial charge in [-0.3, -0.25) is 0 Å². The average Bonchev–Trinajstić information content (AvgIpc) is 2.29. The summed E-state index contributed by atoms with van der Waals surface area (Å²) in [5.41, 5.74) is 0.927. The van der Waals surface area contributed by atoms with Gasteiger partial charge in [0.1, 0.15) is 11.9 Å². The molecule has 1 aromatic rings. The zero-order chi connectivity index (χ0) is 11.3. The summed E-state index contributed by atoms with van der Waals surface area (Å²) in [6, 6.07) is 7.51. The Labute approximate surface area is 91.2 Å². The minimum Gasteiger partial charge on any atom is -0.487 e. The molecule has 2 heteroatoms. The molecule has 0 saturated heterocycles. The maximum Gasteiger partial charge on any atom is 0.120 e. The first-order valence-electron chi connectivity index (χ1n) is 5.24. The summed E-state index contributed by atoms with van der Waals surface area (Å²) in [7, 11) is 0. The Kier molecular flexibility index (Phi) is 4.37. The highest BCUT2D eigenvalue weighted by atomic mass is 16.5. The van der Waals surface area contributed by atoms with Gasteiger partial charge in [0.05, 0.1) is 6.10 Å². The van der Waals surface area contributed by atoms with Crippen molar-refractivity contribution in [3.63, 3.8) is 0 Å². The summed E-state index contributed by atoms with van der Waals surface area (Å²) < 4.78 is 5.53. The van der Waals surface area contributed by atoms with Gasteiger partial charge >= 0.3 is 0 Å². The van der Waals surface area contributed by atoms with E-state index in [-0.39, 0.29) is 12.2 Å². The standard InChI is InChI=1S/C13H18O2/c1-4-10(3)15-12-8-6-11(7-9-12)13(14)5-2/h4,6-10,13-14H,1,5H2,2-3H3. The lowest BCUT2D eigenvalue weighted by atomic mass is 10.1. The molecule has 0 aliphatic heterocycles. The Balaban J connectivity index is 2.67. The molecule has 15 heavy (non-hydrogen) atoms. The van der Waals surface area contributed by atoms with Gasteiger partial charge in [0.25, 0.3) is 0 Å². The third-order valence-electron chi connectivity index (χ3n) is 2.31. The van der Waals surface area contributed by atoms with Crippen molar-refractivity contribution in [2.24, 2.45) is 0 Å². The van der Waals surface area contributed by atoms with Crippen LogP contribution in [0.3, 0.4) is 0 Å². The normalized spacial score (nSPS) is 14.3. The predicted molar refractivity (Wildman–Crippen MR) is 62.0 cm³/mol. The van der Waals surface area contributed by atoms with Crippen LogP contribution in [0.25, 0.3) is 0 Å². The molecule has 2 nitrogen and oxygen atoms in total. The van der Waals surface area contributed by atoms with Gasteiger partial charge in [0.2, 0.25) is 0 Å². The molecule has 0 spiro atoms. The molecule has 2 unspecified atom stereocenters. The third kappa shape index (κ3) is 3.40. The van der Waals surface area contributed by atoms with E-state index < -0.39 is 0 Å². The number of rotatable bonds is 5. The lowest BCUT2D eigenvalue weighted by molar-refractivity contribution is 0.173. The van der Waals surface area contributed by atoms with Crippen LogP contribution in [0.5, 0.6) is 5.75 Å². The summed E-state index contributed by atoms with van der Waals surface area (Å²) >= 11 is 0.